The van der Waals surface area contributed by atoms with Crippen molar-refractivity contribution < 1.29 is 0 Å². The van der Waals surface area contributed by atoms with Crippen LogP contribution in [0.3, 0.4) is 0 Å². The monoisotopic (exact) mass is 318 g/mol. The first-order valence-corrected chi connectivity index (χ1v) is 7.38. The molecule has 0 spiro atoms. The predicted octanol–water partition coefficient (Wildman–Crippen LogP) is 2.02. The van der Waals surface area contributed by atoms with E-state index in [0.717, 1.165) is 12.0 Å². The summed E-state index contributed by atoms with van der Waals surface area (Å²) >= 11 is 6.01. The van der Waals surface area contributed by atoms with E-state index < -0.39 is 0 Å². The molecule has 0 bridgehead atoms. The van der Waals surface area contributed by atoms with E-state index in [1.807, 2.05) is 19.9 Å². The zero-order chi connectivity index (χ0) is 15.9. The molecule has 0 atom stereocenters. The third kappa shape index (κ3) is 2.25. The highest BCUT2D eigenvalue weighted by molar-refractivity contribution is 6.31. The third-order valence-electron chi connectivity index (χ3n) is 3.50. The number of hydrogen-bond acceptors (Lipinski definition) is 3. The molecule has 0 radical (unpaired) electrons. The van der Waals surface area contributed by atoms with Crippen LogP contribution in [-0.4, -0.2) is 18.7 Å². The molecule has 0 N–H and O–H groups in total. The molecule has 7 heteroatoms. The number of fused-ring (bicyclic) bond motifs is 1. The quantitative estimate of drug-likeness (QED) is 0.742. The summed E-state index contributed by atoms with van der Waals surface area (Å²) in [5.41, 5.74) is 1.05. The highest BCUT2D eigenvalue weighted by Gasteiger charge is 2.12. The van der Waals surface area contributed by atoms with Crippen molar-refractivity contribution in [3.05, 3.63) is 62.0 Å². The number of benzene rings is 1. The zero-order valence-electron chi connectivity index (χ0n) is 12.3. The van der Waals surface area contributed by atoms with Crippen LogP contribution < -0.4 is 11.2 Å². The van der Waals surface area contributed by atoms with Crippen molar-refractivity contribution in [2.45, 2.75) is 26.8 Å². The molecule has 22 heavy (non-hydrogen) atoms. The molecule has 0 amide bonds. The van der Waals surface area contributed by atoms with Crippen molar-refractivity contribution in [3.63, 3.8) is 0 Å². The van der Waals surface area contributed by atoms with Gasteiger partial charge in [-0.15, -0.1) is 5.10 Å². The molecule has 114 valence electrons. The third-order valence-corrected chi connectivity index (χ3v) is 3.92. The average molecular weight is 319 g/mol. The number of halogens is 1. The van der Waals surface area contributed by atoms with Crippen LogP contribution in [0, 0.1) is 6.92 Å². The molecule has 1 aromatic carbocycles. The Labute approximate surface area is 131 Å². The predicted molar refractivity (Wildman–Crippen MR) is 85.1 cm³/mol. The molecule has 6 nitrogen and oxygen atoms in total. The summed E-state index contributed by atoms with van der Waals surface area (Å²) in [5.74, 6) is 0. The summed E-state index contributed by atoms with van der Waals surface area (Å²) < 4.78 is 4.05. The lowest BCUT2D eigenvalue weighted by Crippen LogP contribution is -2.24. The standard InChI is InChI=1S/C15H15ClN4O2/c1-3-6-20-15(22)19-8-7-18(14(21)13(19)17-20)11-4-5-12(16)10(2)9-11/h4-5,7-9H,3,6H2,1-2H3. The number of aromatic nitrogens is 4. The Balaban J connectivity index is 2.24. The Morgan fingerprint density at radius 1 is 1.23 bits per heavy atom. The van der Waals surface area contributed by atoms with Gasteiger partial charge in [0.1, 0.15) is 0 Å². The van der Waals surface area contributed by atoms with Gasteiger partial charge in [0.2, 0.25) is 5.65 Å². The fourth-order valence-corrected chi connectivity index (χ4v) is 2.47. The maximum Gasteiger partial charge on any atom is 0.350 e. The maximum atomic E-state index is 12.6. The van der Waals surface area contributed by atoms with Crippen LogP contribution in [0.2, 0.25) is 5.02 Å². The second-order valence-corrected chi connectivity index (χ2v) is 5.51. The Kier molecular flexibility index (Phi) is 3.62. The van der Waals surface area contributed by atoms with Crippen LogP contribution in [0.25, 0.3) is 11.3 Å². The summed E-state index contributed by atoms with van der Waals surface area (Å²) in [6.45, 7) is 4.31. The van der Waals surface area contributed by atoms with Gasteiger partial charge in [-0.1, -0.05) is 18.5 Å². The van der Waals surface area contributed by atoms with Gasteiger partial charge in [0.15, 0.2) is 0 Å². The lowest BCUT2D eigenvalue weighted by Gasteiger charge is -2.07. The van der Waals surface area contributed by atoms with Crippen LogP contribution in [-0.2, 0) is 6.54 Å². The van der Waals surface area contributed by atoms with E-state index in [1.165, 1.54) is 13.6 Å². The number of rotatable bonds is 3. The van der Waals surface area contributed by atoms with Gasteiger partial charge in [0.25, 0.3) is 0 Å². The number of hydrogen-bond donors (Lipinski definition) is 0. The summed E-state index contributed by atoms with van der Waals surface area (Å²) in [6.07, 6.45) is 3.90. The number of aryl methyl sites for hydroxylation is 2. The minimum atomic E-state index is -0.337. The largest absolute Gasteiger partial charge is 0.350 e. The average Bonchev–Trinajstić information content (AvgIpc) is 2.81. The number of nitrogens with zero attached hydrogens (tertiary/aromatic N) is 4. The first kappa shape index (κ1) is 14.6. The van der Waals surface area contributed by atoms with Crippen molar-refractivity contribution in [2.75, 3.05) is 0 Å². The molecule has 2 heterocycles. The van der Waals surface area contributed by atoms with Gasteiger partial charge in [-0.3, -0.25) is 9.36 Å². The molecule has 0 saturated heterocycles. The molecule has 0 aliphatic heterocycles. The topological polar surface area (TPSA) is 61.3 Å². The van der Waals surface area contributed by atoms with Crippen molar-refractivity contribution in [1.82, 2.24) is 18.7 Å². The fourth-order valence-electron chi connectivity index (χ4n) is 2.35. The minimum absolute atomic E-state index is 0.119. The molecular formula is C15H15ClN4O2. The van der Waals surface area contributed by atoms with Crippen molar-refractivity contribution in [1.29, 1.82) is 0 Å². The van der Waals surface area contributed by atoms with Gasteiger partial charge in [0.05, 0.1) is 0 Å². The van der Waals surface area contributed by atoms with Crippen molar-refractivity contribution >= 4 is 17.2 Å². The lowest BCUT2D eigenvalue weighted by molar-refractivity contribution is 0.582. The van der Waals surface area contributed by atoms with Crippen LogP contribution in [0.15, 0.2) is 40.2 Å². The van der Waals surface area contributed by atoms with E-state index in [-0.39, 0.29) is 16.9 Å². The Hall–Kier alpha value is -2.34. The van der Waals surface area contributed by atoms with E-state index in [1.54, 1.807) is 24.5 Å². The van der Waals surface area contributed by atoms with Crippen LogP contribution >= 0.6 is 11.6 Å². The molecule has 3 aromatic rings. The Morgan fingerprint density at radius 2 is 2.00 bits per heavy atom. The Bertz CT molecular complexity index is 968. The molecular weight excluding hydrogens is 304 g/mol. The van der Waals surface area contributed by atoms with Gasteiger partial charge in [-0.2, -0.15) is 0 Å². The highest BCUT2D eigenvalue weighted by Crippen LogP contribution is 2.18. The van der Waals surface area contributed by atoms with Gasteiger partial charge < -0.3 is 0 Å². The van der Waals surface area contributed by atoms with Crippen LogP contribution in [0.4, 0.5) is 0 Å². The fraction of sp³-hybridized carbons (Fsp3) is 0.267. The minimum Gasteiger partial charge on any atom is -0.280 e. The van der Waals surface area contributed by atoms with E-state index in [4.69, 9.17) is 11.6 Å². The Morgan fingerprint density at radius 3 is 2.68 bits per heavy atom. The first-order chi connectivity index (χ1) is 10.5. The smallest absolute Gasteiger partial charge is 0.280 e. The SMILES string of the molecule is CCCn1nc2c(=O)n(-c3ccc(Cl)c(C)c3)ccn2c1=O. The molecule has 0 unspecified atom stereocenters. The second-order valence-electron chi connectivity index (χ2n) is 5.11. The zero-order valence-corrected chi connectivity index (χ0v) is 13.0. The van der Waals surface area contributed by atoms with Crippen molar-refractivity contribution in [2.24, 2.45) is 0 Å². The van der Waals surface area contributed by atoms with Gasteiger partial charge in [0, 0.05) is 29.6 Å². The molecule has 0 saturated carbocycles. The van der Waals surface area contributed by atoms with E-state index in [9.17, 15) is 9.59 Å². The van der Waals surface area contributed by atoms with E-state index in [0.29, 0.717) is 17.3 Å². The maximum absolute atomic E-state index is 12.6. The van der Waals surface area contributed by atoms with Gasteiger partial charge >= 0.3 is 11.2 Å². The summed E-state index contributed by atoms with van der Waals surface area (Å²) in [7, 11) is 0. The van der Waals surface area contributed by atoms with E-state index in [2.05, 4.69) is 5.10 Å². The summed E-state index contributed by atoms with van der Waals surface area (Å²) in [4.78, 5) is 24.7. The van der Waals surface area contributed by atoms with Crippen LogP contribution in [0.5, 0.6) is 0 Å². The molecule has 0 aliphatic carbocycles. The summed E-state index contributed by atoms with van der Waals surface area (Å²) in [5, 5.41) is 4.78. The van der Waals surface area contributed by atoms with Gasteiger partial charge in [-0.05, 0) is 37.1 Å². The first-order valence-electron chi connectivity index (χ1n) is 7.00. The summed E-state index contributed by atoms with van der Waals surface area (Å²) in [6, 6.07) is 5.32. The van der Waals surface area contributed by atoms with E-state index >= 15 is 0 Å². The van der Waals surface area contributed by atoms with Gasteiger partial charge in [-0.25, -0.2) is 13.9 Å². The molecule has 0 fully saturated rings. The second kappa shape index (κ2) is 5.46. The lowest BCUT2D eigenvalue weighted by atomic mass is 10.2. The van der Waals surface area contributed by atoms with Crippen LogP contribution in [0.1, 0.15) is 18.9 Å². The molecule has 0 aliphatic rings. The molecule has 3 rings (SSSR count). The normalized spacial score (nSPS) is 11.2. The highest BCUT2D eigenvalue weighted by atomic mass is 35.5. The molecule has 2 aromatic heterocycles. The van der Waals surface area contributed by atoms with Crippen molar-refractivity contribution in [3.8, 4) is 5.69 Å².